The quantitative estimate of drug-likeness (QED) is 0.405. The zero-order valence-corrected chi connectivity index (χ0v) is 17.5. The van der Waals surface area contributed by atoms with Crippen molar-refractivity contribution in [3.8, 4) is 5.75 Å². The highest BCUT2D eigenvalue weighted by Crippen LogP contribution is 2.38. The second-order valence-electron chi connectivity index (χ2n) is 7.68. The Balaban J connectivity index is 1.48. The van der Waals surface area contributed by atoms with Gasteiger partial charge in [-0.25, -0.2) is 15.0 Å². The third kappa shape index (κ3) is 3.83. The van der Waals surface area contributed by atoms with Gasteiger partial charge in [0.1, 0.15) is 17.9 Å². The number of rotatable bonds is 5. The number of hydrogen-bond acceptors (Lipinski definition) is 6. The second-order valence-corrected chi connectivity index (χ2v) is 8.79. The van der Waals surface area contributed by atoms with Crippen molar-refractivity contribution in [1.29, 1.82) is 0 Å². The largest absolute Gasteiger partial charge is 0.508 e. The van der Waals surface area contributed by atoms with Crippen LogP contribution >= 0.6 is 11.8 Å². The zero-order chi connectivity index (χ0) is 20.5. The second kappa shape index (κ2) is 7.95. The molecule has 0 bridgehead atoms. The third-order valence-electron chi connectivity index (χ3n) is 5.49. The van der Waals surface area contributed by atoms with Gasteiger partial charge in [-0.1, -0.05) is 24.2 Å². The number of pyridine rings is 1. The number of benzene rings is 2. The van der Waals surface area contributed by atoms with E-state index >= 15 is 0 Å². The van der Waals surface area contributed by atoms with E-state index in [9.17, 15) is 5.11 Å². The molecule has 1 fully saturated rings. The molecular weight excluding hydrogens is 392 g/mol. The van der Waals surface area contributed by atoms with Crippen LogP contribution in [-0.4, -0.2) is 20.1 Å². The maximum absolute atomic E-state index is 9.54. The van der Waals surface area contributed by atoms with E-state index in [1.54, 1.807) is 30.2 Å². The molecule has 2 aromatic carbocycles. The van der Waals surface area contributed by atoms with Crippen LogP contribution in [-0.2, 0) is 0 Å². The summed E-state index contributed by atoms with van der Waals surface area (Å²) in [5, 5.41) is 14.0. The van der Waals surface area contributed by atoms with Gasteiger partial charge in [-0.3, -0.25) is 0 Å². The molecule has 2 N–H and O–H groups in total. The minimum atomic E-state index is 0.267. The number of phenolic OH excluding ortho intramolecular Hbond substituents is 1. The molecule has 0 atom stereocenters. The molecule has 0 spiro atoms. The van der Waals surface area contributed by atoms with Crippen molar-refractivity contribution in [3.05, 3.63) is 72.2 Å². The molecule has 150 valence electrons. The van der Waals surface area contributed by atoms with Crippen LogP contribution in [0.15, 0.2) is 70.7 Å². The number of nitrogens with zero attached hydrogens (tertiary/aromatic N) is 3. The summed E-state index contributed by atoms with van der Waals surface area (Å²) in [5.74, 6) is 1.60. The zero-order valence-electron chi connectivity index (χ0n) is 16.7. The number of fused-ring (bicyclic) bond motifs is 1. The van der Waals surface area contributed by atoms with Crippen LogP contribution in [0.25, 0.3) is 11.0 Å². The fraction of sp³-hybridized carbons (Fsp3) is 0.208. The van der Waals surface area contributed by atoms with Gasteiger partial charge in [0.2, 0.25) is 0 Å². The Morgan fingerprint density at radius 3 is 2.60 bits per heavy atom. The fourth-order valence-corrected chi connectivity index (χ4v) is 4.47. The molecule has 0 amide bonds. The first-order valence-electron chi connectivity index (χ1n) is 10.1. The number of aromatic nitrogens is 3. The van der Waals surface area contributed by atoms with Crippen LogP contribution in [0.2, 0.25) is 0 Å². The van der Waals surface area contributed by atoms with E-state index in [0.29, 0.717) is 5.92 Å². The van der Waals surface area contributed by atoms with Crippen molar-refractivity contribution >= 4 is 34.3 Å². The van der Waals surface area contributed by atoms with Crippen molar-refractivity contribution < 1.29 is 5.11 Å². The lowest BCUT2D eigenvalue weighted by Gasteiger charge is -2.24. The van der Waals surface area contributed by atoms with Crippen molar-refractivity contribution in [2.75, 3.05) is 5.32 Å². The van der Waals surface area contributed by atoms with Crippen molar-refractivity contribution in [3.63, 3.8) is 0 Å². The number of aryl methyl sites for hydroxylation is 1. The first-order valence-corrected chi connectivity index (χ1v) is 10.9. The Hall–Kier alpha value is -3.12. The van der Waals surface area contributed by atoms with E-state index in [2.05, 4.69) is 52.5 Å². The van der Waals surface area contributed by atoms with Crippen molar-refractivity contribution in [1.82, 2.24) is 15.0 Å². The molecule has 0 unspecified atom stereocenters. The Morgan fingerprint density at radius 1 is 1.00 bits per heavy atom. The molecule has 0 aliphatic heterocycles. The monoisotopic (exact) mass is 414 g/mol. The highest BCUT2D eigenvalue weighted by Gasteiger charge is 2.21. The Bertz CT molecular complexity index is 1210. The normalized spacial score (nSPS) is 13.9. The molecule has 0 saturated heterocycles. The van der Waals surface area contributed by atoms with Crippen LogP contribution in [0.1, 0.15) is 36.4 Å². The summed E-state index contributed by atoms with van der Waals surface area (Å²) in [4.78, 5) is 15.8. The van der Waals surface area contributed by atoms with Gasteiger partial charge in [0.05, 0.1) is 11.1 Å². The molecule has 1 aliphatic rings. The number of phenols is 1. The molecule has 0 radical (unpaired) electrons. The first-order chi connectivity index (χ1) is 14.7. The summed E-state index contributed by atoms with van der Waals surface area (Å²) in [6, 6.07) is 17.7. The average molecular weight is 415 g/mol. The standard InChI is InChI=1S/C24H22N4OS/c1-15-5-12-22(30-18-8-6-17(29)7-9-18)21(13-15)28-24-19-10-11-20(16-3-2-4-16)27-23(19)25-14-26-24/h5-14,16,29H,2-4H2,1H3,(H,25,26,27,28). The van der Waals surface area contributed by atoms with Crippen LogP contribution < -0.4 is 5.32 Å². The van der Waals surface area contributed by atoms with E-state index in [0.717, 1.165) is 43.6 Å². The minimum absolute atomic E-state index is 0.267. The van der Waals surface area contributed by atoms with Crippen molar-refractivity contribution in [2.45, 2.75) is 41.9 Å². The number of nitrogens with one attached hydrogen (secondary N) is 1. The van der Waals surface area contributed by atoms with Gasteiger partial charge in [0.25, 0.3) is 0 Å². The van der Waals surface area contributed by atoms with E-state index in [1.807, 2.05) is 12.1 Å². The van der Waals surface area contributed by atoms with E-state index in [1.165, 1.54) is 19.3 Å². The summed E-state index contributed by atoms with van der Waals surface area (Å²) < 4.78 is 0. The summed E-state index contributed by atoms with van der Waals surface area (Å²) in [6.07, 6.45) is 5.30. The molecule has 4 aromatic rings. The van der Waals surface area contributed by atoms with E-state index in [-0.39, 0.29) is 5.75 Å². The Kier molecular flexibility index (Phi) is 5.01. The maximum atomic E-state index is 9.54. The highest BCUT2D eigenvalue weighted by molar-refractivity contribution is 7.99. The van der Waals surface area contributed by atoms with Gasteiger partial charge in [0.15, 0.2) is 5.65 Å². The molecule has 30 heavy (non-hydrogen) atoms. The van der Waals surface area contributed by atoms with Gasteiger partial charge in [-0.2, -0.15) is 0 Å². The highest BCUT2D eigenvalue weighted by atomic mass is 32.2. The Morgan fingerprint density at radius 2 is 1.83 bits per heavy atom. The van der Waals surface area contributed by atoms with Crippen LogP contribution in [0.5, 0.6) is 5.75 Å². The minimum Gasteiger partial charge on any atom is -0.508 e. The summed E-state index contributed by atoms with van der Waals surface area (Å²) in [6.45, 7) is 2.07. The van der Waals surface area contributed by atoms with Crippen LogP contribution in [0.4, 0.5) is 11.5 Å². The van der Waals surface area contributed by atoms with Crippen LogP contribution in [0.3, 0.4) is 0 Å². The first kappa shape index (κ1) is 18.9. The topological polar surface area (TPSA) is 70.9 Å². The summed E-state index contributed by atoms with van der Waals surface area (Å²) in [7, 11) is 0. The number of hydrogen-bond donors (Lipinski definition) is 2. The van der Waals surface area contributed by atoms with Gasteiger partial charge >= 0.3 is 0 Å². The lowest BCUT2D eigenvalue weighted by Crippen LogP contribution is -2.10. The fourth-order valence-electron chi connectivity index (χ4n) is 3.59. The van der Waals surface area contributed by atoms with Gasteiger partial charge in [0, 0.05) is 21.4 Å². The molecule has 1 saturated carbocycles. The molecule has 5 rings (SSSR count). The molecule has 2 heterocycles. The van der Waals surface area contributed by atoms with E-state index in [4.69, 9.17) is 4.98 Å². The molecule has 5 nitrogen and oxygen atoms in total. The predicted molar refractivity (Wildman–Crippen MR) is 121 cm³/mol. The van der Waals surface area contributed by atoms with E-state index < -0.39 is 0 Å². The predicted octanol–water partition coefficient (Wildman–Crippen LogP) is 6.20. The number of aromatic hydroxyl groups is 1. The van der Waals surface area contributed by atoms with Gasteiger partial charge in [-0.05, 0) is 73.9 Å². The molecule has 2 aromatic heterocycles. The lowest BCUT2D eigenvalue weighted by molar-refractivity contribution is 0.412. The SMILES string of the molecule is Cc1ccc(Sc2ccc(O)cc2)c(Nc2ncnc3nc(C4CCC4)ccc23)c1. The molecule has 1 aliphatic carbocycles. The molecule has 6 heteroatoms. The summed E-state index contributed by atoms with van der Waals surface area (Å²) >= 11 is 1.64. The number of anilines is 2. The smallest absolute Gasteiger partial charge is 0.164 e. The summed E-state index contributed by atoms with van der Waals surface area (Å²) in [5.41, 5.74) is 4.02. The van der Waals surface area contributed by atoms with Crippen LogP contribution in [0, 0.1) is 6.92 Å². The van der Waals surface area contributed by atoms with Crippen molar-refractivity contribution in [2.24, 2.45) is 0 Å². The van der Waals surface area contributed by atoms with Gasteiger partial charge < -0.3 is 10.4 Å². The molecular formula is C24H22N4OS. The van der Waals surface area contributed by atoms with Gasteiger partial charge in [-0.15, -0.1) is 0 Å². The third-order valence-corrected chi connectivity index (χ3v) is 6.58. The lowest BCUT2D eigenvalue weighted by atomic mass is 9.82. The Labute approximate surface area is 179 Å². The average Bonchev–Trinajstić information content (AvgIpc) is 2.70. The maximum Gasteiger partial charge on any atom is 0.164 e.